The van der Waals surface area contributed by atoms with Crippen molar-refractivity contribution in [1.82, 2.24) is 24.5 Å². The van der Waals surface area contributed by atoms with E-state index in [1.165, 1.54) is 0 Å². The van der Waals surface area contributed by atoms with E-state index >= 15 is 0 Å². The fourth-order valence-corrected chi connectivity index (χ4v) is 7.55. The van der Waals surface area contributed by atoms with Crippen LogP contribution in [0.3, 0.4) is 0 Å². The van der Waals surface area contributed by atoms with Crippen molar-refractivity contribution < 1.29 is 8.83 Å². The molecule has 0 atom stereocenters. The number of hydrogen-bond donors (Lipinski definition) is 0. The number of nitrogens with zero attached hydrogens (tertiary/aromatic N) is 5. The number of furan rings is 1. The van der Waals surface area contributed by atoms with Gasteiger partial charge in [0.1, 0.15) is 16.7 Å². The van der Waals surface area contributed by atoms with Crippen molar-refractivity contribution in [2.45, 2.75) is 0 Å². The normalized spacial score (nSPS) is 11.8. The van der Waals surface area contributed by atoms with E-state index in [0.717, 1.165) is 66.0 Å². The molecule has 0 unspecified atom stereocenters. The van der Waals surface area contributed by atoms with E-state index in [4.69, 9.17) is 28.8 Å². The molecule has 7 nitrogen and oxygen atoms in total. The zero-order chi connectivity index (χ0) is 34.9. The molecule has 0 amide bonds. The van der Waals surface area contributed by atoms with Crippen LogP contribution in [0.1, 0.15) is 0 Å². The van der Waals surface area contributed by atoms with Gasteiger partial charge in [-0.1, -0.05) is 115 Å². The van der Waals surface area contributed by atoms with Crippen molar-refractivity contribution in [1.29, 1.82) is 0 Å². The number of fused-ring (bicyclic) bond motifs is 7. The maximum atomic E-state index is 6.51. The largest absolute Gasteiger partial charge is 0.455 e. The Balaban J connectivity index is 1.22. The molecule has 7 aromatic carbocycles. The Morgan fingerprint density at radius 1 is 0.396 bits per heavy atom. The average Bonchev–Trinajstić information content (AvgIpc) is 3.93. The molecule has 0 aliphatic heterocycles. The highest BCUT2D eigenvalue weighted by Crippen LogP contribution is 2.40. The van der Waals surface area contributed by atoms with Crippen LogP contribution < -0.4 is 0 Å². The molecule has 248 valence electrons. The summed E-state index contributed by atoms with van der Waals surface area (Å²) < 4.78 is 15.1. The van der Waals surface area contributed by atoms with Gasteiger partial charge in [-0.15, -0.1) is 0 Å². The minimum atomic E-state index is 0.463. The minimum absolute atomic E-state index is 0.463. The van der Waals surface area contributed by atoms with Crippen molar-refractivity contribution in [2.24, 2.45) is 0 Å². The number of rotatable bonds is 5. The van der Waals surface area contributed by atoms with Crippen molar-refractivity contribution in [3.8, 4) is 51.3 Å². The number of hydrogen-bond acceptors (Lipinski definition) is 6. The topological polar surface area (TPSA) is 82.8 Å². The molecular formula is C46H27N5O2. The fourth-order valence-electron chi connectivity index (χ4n) is 7.55. The summed E-state index contributed by atoms with van der Waals surface area (Å²) >= 11 is 0. The first-order valence-corrected chi connectivity index (χ1v) is 17.5. The molecule has 53 heavy (non-hydrogen) atoms. The van der Waals surface area contributed by atoms with E-state index in [2.05, 4.69) is 83.4 Å². The molecule has 0 radical (unpaired) electrons. The maximum Gasteiger partial charge on any atom is 0.238 e. The summed E-state index contributed by atoms with van der Waals surface area (Å²) in [7, 11) is 0. The number of benzene rings is 7. The van der Waals surface area contributed by atoms with Crippen molar-refractivity contribution in [2.75, 3.05) is 0 Å². The Morgan fingerprint density at radius 2 is 1.00 bits per heavy atom. The van der Waals surface area contributed by atoms with Crippen LogP contribution in [0.2, 0.25) is 0 Å². The first kappa shape index (κ1) is 29.4. The van der Waals surface area contributed by atoms with Gasteiger partial charge in [0.05, 0.1) is 22.2 Å². The first-order valence-electron chi connectivity index (χ1n) is 17.5. The summed E-state index contributed by atoms with van der Waals surface area (Å²) in [6.45, 7) is 0. The van der Waals surface area contributed by atoms with Gasteiger partial charge in [0.25, 0.3) is 0 Å². The van der Waals surface area contributed by atoms with E-state index in [0.29, 0.717) is 40.2 Å². The smallest absolute Gasteiger partial charge is 0.238 e. The van der Waals surface area contributed by atoms with E-state index in [1.807, 2.05) is 84.9 Å². The third-order valence-electron chi connectivity index (χ3n) is 9.93. The highest BCUT2D eigenvalue weighted by Gasteiger charge is 2.23. The molecule has 7 heteroatoms. The van der Waals surface area contributed by atoms with E-state index < -0.39 is 0 Å². The van der Waals surface area contributed by atoms with Gasteiger partial charge in [0.2, 0.25) is 11.8 Å². The van der Waals surface area contributed by atoms with Gasteiger partial charge in [-0.05, 0) is 59.7 Å². The fraction of sp³-hybridized carbons (Fsp3) is 0. The van der Waals surface area contributed by atoms with Gasteiger partial charge >= 0.3 is 0 Å². The molecule has 0 saturated heterocycles. The SMILES string of the molecule is c1ccc(-c2nc3cccc(-c4nc(-c5cccc6c5oc5ccccc56)nc(-n5c6ccccc6c6c(-c7ccccc7)cccc65)n4)c3o2)cc1. The molecule has 0 aliphatic carbocycles. The molecular weight excluding hydrogens is 655 g/mol. The highest BCUT2D eigenvalue weighted by atomic mass is 16.3. The maximum absolute atomic E-state index is 6.51. The molecule has 0 spiro atoms. The van der Waals surface area contributed by atoms with Crippen LogP contribution in [0, 0.1) is 0 Å². The van der Waals surface area contributed by atoms with Gasteiger partial charge in [-0.2, -0.15) is 9.97 Å². The molecule has 0 fully saturated rings. The monoisotopic (exact) mass is 681 g/mol. The summed E-state index contributed by atoms with van der Waals surface area (Å²) in [5.74, 6) is 1.96. The number of para-hydroxylation sites is 4. The lowest BCUT2D eigenvalue weighted by atomic mass is 9.99. The summed E-state index contributed by atoms with van der Waals surface area (Å²) in [6.07, 6.45) is 0. The van der Waals surface area contributed by atoms with Crippen LogP contribution in [-0.4, -0.2) is 24.5 Å². The van der Waals surface area contributed by atoms with Gasteiger partial charge in [0.15, 0.2) is 17.2 Å². The van der Waals surface area contributed by atoms with Crippen molar-refractivity contribution in [3.05, 3.63) is 164 Å². The second kappa shape index (κ2) is 11.6. The Morgan fingerprint density at radius 3 is 1.81 bits per heavy atom. The van der Waals surface area contributed by atoms with Crippen molar-refractivity contribution in [3.63, 3.8) is 0 Å². The lowest BCUT2D eigenvalue weighted by molar-refractivity contribution is 0.620. The predicted molar refractivity (Wildman–Crippen MR) is 211 cm³/mol. The molecule has 0 bridgehead atoms. The Kier molecular flexibility index (Phi) is 6.42. The van der Waals surface area contributed by atoms with Crippen LogP contribution in [0.4, 0.5) is 0 Å². The molecule has 4 aromatic heterocycles. The lowest BCUT2D eigenvalue weighted by Crippen LogP contribution is -2.06. The van der Waals surface area contributed by atoms with E-state index in [9.17, 15) is 0 Å². The zero-order valence-electron chi connectivity index (χ0n) is 28.1. The van der Waals surface area contributed by atoms with Crippen LogP contribution in [0.15, 0.2) is 173 Å². The third kappa shape index (κ3) is 4.61. The first-order chi connectivity index (χ1) is 26.3. The summed E-state index contributed by atoms with van der Waals surface area (Å²) in [5, 5.41) is 4.27. The van der Waals surface area contributed by atoms with Gasteiger partial charge in [0, 0.05) is 27.1 Å². The molecule has 0 aliphatic rings. The third-order valence-corrected chi connectivity index (χ3v) is 9.93. The zero-order valence-corrected chi connectivity index (χ0v) is 28.1. The van der Waals surface area contributed by atoms with E-state index in [-0.39, 0.29) is 0 Å². The summed E-state index contributed by atoms with van der Waals surface area (Å²) in [6, 6.07) is 55.3. The van der Waals surface area contributed by atoms with Crippen LogP contribution in [-0.2, 0) is 0 Å². The summed E-state index contributed by atoms with van der Waals surface area (Å²) in [5.41, 5.74) is 9.46. The standard InChI is InChI=1S/C46H27N5O2/c1-3-14-28(15-4-1)30-20-13-26-38-40(30)33-19-7-9-25-37(33)51(38)46-49-43(34-22-11-21-32-31-18-8-10-27-39(31)52-41(32)34)48-44(50-46)35-23-12-24-36-42(35)53-45(47-36)29-16-5-2-6-17-29/h1-27H. The molecule has 11 aromatic rings. The minimum Gasteiger partial charge on any atom is -0.455 e. The molecule has 0 saturated carbocycles. The second-order valence-electron chi connectivity index (χ2n) is 13.0. The Hall–Kier alpha value is -7.38. The van der Waals surface area contributed by atoms with Crippen LogP contribution in [0.5, 0.6) is 0 Å². The lowest BCUT2D eigenvalue weighted by Gasteiger charge is -2.11. The molecule has 11 rings (SSSR count). The number of aromatic nitrogens is 5. The van der Waals surface area contributed by atoms with Crippen molar-refractivity contribution >= 4 is 54.8 Å². The van der Waals surface area contributed by atoms with Crippen LogP contribution in [0.25, 0.3) is 106 Å². The van der Waals surface area contributed by atoms with Gasteiger partial charge in [-0.25, -0.2) is 9.97 Å². The quantitative estimate of drug-likeness (QED) is 0.180. The molecule has 0 N–H and O–H groups in total. The average molecular weight is 682 g/mol. The highest BCUT2D eigenvalue weighted by molar-refractivity contribution is 6.15. The van der Waals surface area contributed by atoms with Gasteiger partial charge < -0.3 is 8.83 Å². The summed E-state index contributed by atoms with van der Waals surface area (Å²) in [4.78, 5) is 20.5. The Labute approximate surface area is 302 Å². The Bertz CT molecular complexity index is 3180. The molecule has 4 heterocycles. The van der Waals surface area contributed by atoms with Crippen LogP contribution >= 0.6 is 0 Å². The van der Waals surface area contributed by atoms with E-state index in [1.54, 1.807) is 0 Å². The predicted octanol–water partition coefficient (Wildman–Crippen LogP) is 11.7. The van der Waals surface area contributed by atoms with Gasteiger partial charge in [-0.3, -0.25) is 4.57 Å². The number of oxazole rings is 1. The second-order valence-corrected chi connectivity index (χ2v) is 13.0.